The van der Waals surface area contributed by atoms with Crippen molar-refractivity contribution >= 4 is 29.9 Å². The second kappa shape index (κ2) is 10.8. The van der Waals surface area contributed by atoms with Crippen LogP contribution in [0.3, 0.4) is 0 Å². The number of aryl methyl sites for hydroxylation is 1. The van der Waals surface area contributed by atoms with Gasteiger partial charge in [-0.2, -0.15) is 5.10 Å². The van der Waals surface area contributed by atoms with E-state index in [1.54, 1.807) is 20.4 Å². The highest BCUT2D eigenvalue weighted by Crippen LogP contribution is 2.05. The Bertz CT molecular complexity index is 587. The summed E-state index contributed by atoms with van der Waals surface area (Å²) in [5.41, 5.74) is 0.902. The predicted octanol–water partition coefficient (Wildman–Crippen LogP) is 1.66. The molecule has 0 saturated carbocycles. The van der Waals surface area contributed by atoms with E-state index >= 15 is 0 Å². The summed E-state index contributed by atoms with van der Waals surface area (Å²) in [5.74, 6) is 1.37. The highest BCUT2D eigenvalue weighted by atomic mass is 127. The summed E-state index contributed by atoms with van der Waals surface area (Å²) in [6.45, 7) is 2.30. The number of nitrogens with zero attached hydrogens (tertiary/aromatic N) is 4. The molecule has 7 nitrogen and oxygen atoms in total. The van der Waals surface area contributed by atoms with Gasteiger partial charge in [0.15, 0.2) is 5.96 Å². The maximum Gasteiger partial charge on any atom is 0.213 e. The van der Waals surface area contributed by atoms with Crippen LogP contribution in [0.25, 0.3) is 0 Å². The number of pyridine rings is 1. The van der Waals surface area contributed by atoms with E-state index in [-0.39, 0.29) is 24.0 Å². The Hall–Kier alpha value is -1.84. The summed E-state index contributed by atoms with van der Waals surface area (Å²) < 4.78 is 7.02. The van der Waals surface area contributed by atoms with Crippen LogP contribution in [0.15, 0.2) is 41.7 Å². The van der Waals surface area contributed by atoms with E-state index in [1.165, 1.54) is 0 Å². The molecule has 0 aliphatic carbocycles. The average Bonchev–Trinajstić information content (AvgIpc) is 3.08. The number of methoxy groups -OCH3 is 1. The third-order valence-electron chi connectivity index (χ3n) is 3.07. The second-order valence-corrected chi connectivity index (χ2v) is 4.65. The summed E-state index contributed by atoms with van der Waals surface area (Å²) in [6, 6.07) is 7.62. The summed E-state index contributed by atoms with van der Waals surface area (Å²) in [7, 11) is 3.36. The van der Waals surface area contributed by atoms with E-state index < -0.39 is 0 Å². The molecule has 0 saturated heterocycles. The zero-order valence-corrected chi connectivity index (χ0v) is 15.7. The summed E-state index contributed by atoms with van der Waals surface area (Å²) in [6.07, 6.45) is 4.72. The van der Waals surface area contributed by atoms with Crippen LogP contribution in [0, 0.1) is 0 Å². The maximum absolute atomic E-state index is 5.11. The van der Waals surface area contributed by atoms with Crippen LogP contribution in [0.2, 0.25) is 0 Å². The molecule has 2 aromatic heterocycles. The standard InChI is InChI=1S/C15H22N6O.HI/c1-16-15(17-8-4-10-21-11-5-9-19-21)18-12-13-6-3-7-14(20-13)22-2;/h3,5-7,9,11H,4,8,10,12H2,1-2H3,(H2,16,17,18);1H. The summed E-state index contributed by atoms with van der Waals surface area (Å²) >= 11 is 0. The zero-order chi connectivity index (χ0) is 15.6. The van der Waals surface area contributed by atoms with E-state index in [1.807, 2.05) is 35.1 Å². The highest BCUT2D eigenvalue weighted by molar-refractivity contribution is 14.0. The van der Waals surface area contributed by atoms with Gasteiger partial charge in [-0.3, -0.25) is 9.67 Å². The largest absolute Gasteiger partial charge is 0.481 e. The summed E-state index contributed by atoms with van der Waals surface area (Å²) in [4.78, 5) is 8.54. The van der Waals surface area contributed by atoms with Gasteiger partial charge in [0.1, 0.15) is 0 Å². The van der Waals surface area contributed by atoms with Crippen molar-refractivity contribution in [3.8, 4) is 5.88 Å². The topological polar surface area (TPSA) is 76.4 Å². The molecule has 2 N–H and O–H groups in total. The first-order valence-electron chi connectivity index (χ1n) is 7.23. The molecule has 0 bridgehead atoms. The third-order valence-corrected chi connectivity index (χ3v) is 3.07. The van der Waals surface area contributed by atoms with Crippen LogP contribution in [0.5, 0.6) is 5.88 Å². The van der Waals surface area contributed by atoms with E-state index in [9.17, 15) is 0 Å². The van der Waals surface area contributed by atoms with Gasteiger partial charge in [-0.1, -0.05) is 6.07 Å². The first-order valence-corrected chi connectivity index (χ1v) is 7.23. The first-order chi connectivity index (χ1) is 10.8. The fourth-order valence-corrected chi connectivity index (χ4v) is 1.95. The fourth-order valence-electron chi connectivity index (χ4n) is 1.95. The minimum absolute atomic E-state index is 0. The van der Waals surface area contributed by atoms with Crippen molar-refractivity contribution in [3.63, 3.8) is 0 Å². The lowest BCUT2D eigenvalue weighted by atomic mass is 10.3. The average molecular weight is 430 g/mol. The maximum atomic E-state index is 5.11. The summed E-state index contributed by atoms with van der Waals surface area (Å²) in [5, 5.41) is 10.7. The number of hydrogen-bond donors (Lipinski definition) is 2. The predicted molar refractivity (Wildman–Crippen MR) is 101 cm³/mol. The molecule has 8 heteroatoms. The van der Waals surface area contributed by atoms with Crippen LogP contribution in [0.4, 0.5) is 0 Å². The molecule has 2 rings (SSSR count). The van der Waals surface area contributed by atoms with Crippen molar-refractivity contribution in [3.05, 3.63) is 42.4 Å². The van der Waals surface area contributed by atoms with Crippen molar-refractivity contribution in [1.29, 1.82) is 0 Å². The molecule has 0 fully saturated rings. The Morgan fingerprint density at radius 1 is 1.30 bits per heavy atom. The molecular weight excluding hydrogens is 407 g/mol. The van der Waals surface area contributed by atoms with E-state index in [0.717, 1.165) is 31.2 Å². The molecule has 2 aromatic rings. The van der Waals surface area contributed by atoms with Gasteiger partial charge >= 0.3 is 0 Å². The van der Waals surface area contributed by atoms with Crippen LogP contribution in [-0.2, 0) is 13.1 Å². The Labute approximate surface area is 153 Å². The Morgan fingerprint density at radius 3 is 2.87 bits per heavy atom. The molecule has 126 valence electrons. The van der Waals surface area contributed by atoms with Gasteiger partial charge in [0, 0.05) is 38.6 Å². The minimum Gasteiger partial charge on any atom is -0.481 e. The molecule has 0 unspecified atom stereocenters. The molecule has 0 radical (unpaired) electrons. The first kappa shape index (κ1) is 19.2. The molecule has 23 heavy (non-hydrogen) atoms. The Morgan fingerprint density at radius 2 is 2.17 bits per heavy atom. The van der Waals surface area contributed by atoms with E-state index in [0.29, 0.717) is 12.4 Å². The van der Waals surface area contributed by atoms with Gasteiger partial charge < -0.3 is 15.4 Å². The fraction of sp³-hybridized carbons (Fsp3) is 0.400. The number of aromatic nitrogens is 3. The second-order valence-electron chi connectivity index (χ2n) is 4.65. The lowest BCUT2D eigenvalue weighted by molar-refractivity contribution is 0.396. The number of halogens is 1. The molecule has 0 spiro atoms. The number of ether oxygens (including phenoxy) is 1. The number of aliphatic imine (C=N–C) groups is 1. The van der Waals surface area contributed by atoms with Gasteiger partial charge in [-0.05, 0) is 18.6 Å². The number of nitrogens with one attached hydrogen (secondary N) is 2. The van der Waals surface area contributed by atoms with Crippen LogP contribution >= 0.6 is 24.0 Å². The Kier molecular flexibility index (Phi) is 9.03. The highest BCUT2D eigenvalue weighted by Gasteiger charge is 2.00. The molecular formula is C15H23IN6O. The molecule has 0 amide bonds. The minimum atomic E-state index is 0. The third kappa shape index (κ3) is 6.85. The molecule has 0 atom stereocenters. The van der Waals surface area contributed by atoms with Crippen molar-refractivity contribution < 1.29 is 4.74 Å². The number of guanidine groups is 1. The van der Waals surface area contributed by atoms with Gasteiger partial charge in [0.2, 0.25) is 5.88 Å². The Balaban J connectivity index is 0.00000264. The van der Waals surface area contributed by atoms with Gasteiger partial charge in [0.05, 0.1) is 19.3 Å². The van der Waals surface area contributed by atoms with Gasteiger partial charge in [-0.15, -0.1) is 24.0 Å². The SMILES string of the molecule is CN=C(NCCCn1cccn1)NCc1cccc(OC)n1.I. The molecule has 0 aromatic carbocycles. The molecule has 2 heterocycles. The van der Waals surface area contributed by atoms with Gasteiger partial charge in [0.25, 0.3) is 0 Å². The quantitative estimate of drug-likeness (QED) is 0.303. The molecule has 0 aliphatic rings. The molecule has 0 aliphatic heterocycles. The van der Waals surface area contributed by atoms with Crippen LogP contribution in [-0.4, -0.2) is 41.4 Å². The smallest absolute Gasteiger partial charge is 0.213 e. The number of hydrogen-bond acceptors (Lipinski definition) is 4. The van der Waals surface area contributed by atoms with Crippen molar-refractivity contribution in [2.24, 2.45) is 4.99 Å². The monoisotopic (exact) mass is 430 g/mol. The van der Waals surface area contributed by atoms with Crippen molar-refractivity contribution in [2.45, 2.75) is 19.5 Å². The zero-order valence-electron chi connectivity index (χ0n) is 13.4. The normalized spacial score (nSPS) is 10.8. The van der Waals surface area contributed by atoms with Crippen molar-refractivity contribution in [2.75, 3.05) is 20.7 Å². The van der Waals surface area contributed by atoms with Crippen LogP contribution < -0.4 is 15.4 Å². The van der Waals surface area contributed by atoms with E-state index in [2.05, 4.69) is 25.7 Å². The van der Waals surface area contributed by atoms with E-state index in [4.69, 9.17) is 4.74 Å². The number of rotatable bonds is 7. The lowest BCUT2D eigenvalue weighted by Gasteiger charge is -2.12. The van der Waals surface area contributed by atoms with Crippen LogP contribution in [0.1, 0.15) is 12.1 Å². The van der Waals surface area contributed by atoms with Gasteiger partial charge in [-0.25, -0.2) is 4.98 Å². The lowest BCUT2D eigenvalue weighted by Crippen LogP contribution is -2.37. The van der Waals surface area contributed by atoms with Crippen molar-refractivity contribution in [1.82, 2.24) is 25.4 Å².